The van der Waals surface area contributed by atoms with Gasteiger partial charge in [-0.15, -0.1) is 0 Å². The standard InChI is InChI=1S/C21H23N3O2S/c1-3-12-22-20(25)14-27-21-18(13-15-8-4-7-11-19(15)26-2)23-16-9-5-6-10-17(16)24-21/h4-11H,3,12-14H2,1-2H3,(H,22,25). The normalized spacial score (nSPS) is 10.7. The highest BCUT2D eigenvalue weighted by Crippen LogP contribution is 2.27. The summed E-state index contributed by atoms with van der Waals surface area (Å²) >= 11 is 1.43. The number of ether oxygens (including phenoxy) is 1. The zero-order valence-electron chi connectivity index (χ0n) is 15.6. The van der Waals surface area contributed by atoms with E-state index in [1.54, 1.807) is 7.11 Å². The highest BCUT2D eigenvalue weighted by molar-refractivity contribution is 7.99. The second-order valence-corrected chi connectivity index (χ2v) is 7.06. The van der Waals surface area contributed by atoms with Crippen LogP contribution in [0.4, 0.5) is 0 Å². The van der Waals surface area contributed by atoms with Crippen LogP contribution >= 0.6 is 11.8 Å². The first-order chi connectivity index (χ1) is 13.2. The van der Waals surface area contributed by atoms with Gasteiger partial charge in [-0.1, -0.05) is 49.0 Å². The Balaban J connectivity index is 1.90. The Morgan fingerprint density at radius 3 is 2.52 bits per heavy atom. The van der Waals surface area contributed by atoms with Crippen molar-refractivity contribution < 1.29 is 9.53 Å². The predicted molar refractivity (Wildman–Crippen MR) is 109 cm³/mol. The average molecular weight is 382 g/mol. The molecule has 140 valence electrons. The first-order valence-electron chi connectivity index (χ1n) is 8.98. The van der Waals surface area contributed by atoms with Crippen molar-refractivity contribution in [3.05, 3.63) is 59.8 Å². The molecule has 1 aromatic heterocycles. The number of amides is 1. The third kappa shape index (κ3) is 4.98. The van der Waals surface area contributed by atoms with E-state index in [9.17, 15) is 4.79 Å². The van der Waals surface area contributed by atoms with E-state index in [2.05, 4.69) is 5.32 Å². The zero-order valence-corrected chi connectivity index (χ0v) is 16.4. The molecule has 5 nitrogen and oxygen atoms in total. The van der Waals surface area contributed by atoms with Crippen LogP contribution in [0.2, 0.25) is 0 Å². The number of benzene rings is 2. The van der Waals surface area contributed by atoms with Crippen LogP contribution in [-0.4, -0.2) is 35.3 Å². The maximum absolute atomic E-state index is 12.0. The summed E-state index contributed by atoms with van der Waals surface area (Å²) in [6, 6.07) is 15.7. The molecule has 0 saturated heterocycles. The van der Waals surface area contributed by atoms with Crippen molar-refractivity contribution in [1.29, 1.82) is 0 Å². The minimum Gasteiger partial charge on any atom is -0.496 e. The van der Waals surface area contributed by atoms with Crippen LogP contribution < -0.4 is 10.1 Å². The molecule has 0 bridgehead atoms. The number of hydrogen-bond acceptors (Lipinski definition) is 5. The van der Waals surface area contributed by atoms with Crippen molar-refractivity contribution in [2.75, 3.05) is 19.4 Å². The topological polar surface area (TPSA) is 64.1 Å². The monoisotopic (exact) mass is 381 g/mol. The first kappa shape index (κ1) is 19.2. The Morgan fingerprint density at radius 1 is 1.07 bits per heavy atom. The number of rotatable bonds is 8. The number of hydrogen-bond donors (Lipinski definition) is 1. The molecule has 0 aliphatic heterocycles. The van der Waals surface area contributed by atoms with E-state index in [0.29, 0.717) is 18.7 Å². The molecule has 0 saturated carbocycles. The minimum atomic E-state index is 0.0139. The first-order valence-corrected chi connectivity index (χ1v) is 9.97. The summed E-state index contributed by atoms with van der Waals surface area (Å²) in [6.45, 7) is 2.73. The Kier molecular flexibility index (Phi) is 6.65. The second-order valence-electron chi connectivity index (χ2n) is 6.09. The molecule has 6 heteroatoms. The van der Waals surface area contributed by atoms with Crippen molar-refractivity contribution in [2.45, 2.75) is 24.8 Å². The Labute approximate surface area is 163 Å². The molecule has 0 aliphatic rings. The van der Waals surface area contributed by atoms with E-state index in [-0.39, 0.29) is 5.91 Å². The molecule has 27 heavy (non-hydrogen) atoms. The number of carbonyl (C=O) groups excluding carboxylic acids is 1. The van der Waals surface area contributed by atoms with Crippen LogP contribution in [-0.2, 0) is 11.2 Å². The van der Waals surface area contributed by atoms with Crippen molar-refractivity contribution in [3.63, 3.8) is 0 Å². The lowest BCUT2D eigenvalue weighted by Crippen LogP contribution is -2.25. The number of thioether (sulfide) groups is 1. The zero-order chi connectivity index (χ0) is 19.1. The molecule has 2 aromatic carbocycles. The van der Waals surface area contributed by atoms with E-state index in [4.69, 9.17) is 14.7 Å². The van der Waals surface area contributed by atoms with Gasteiger partial charge in [-0.3, -0.25) is 4.79 Å². The maximum atomic E-state index is 12.0. The Morgan fingerprint density at radius 2 is 1.78 bits per heavy atom. The summed E-state index contributed by atoms with van der Waals surface area (Å²) in [5, 5.41) is 3.68. The molecule has 3 rings (SSSR count). The van der Waals surface area contributed by atoms with Gasteiger partial charge in [0.1, 0.15) is 10.8 Å². The van der Waals surface area contributed by atoms with E-state index in [1.165, 1.54) is 11.8 Å². The smallest absolute Gasteiger partial charge is 0.230 e. The SMILES string of the molecule is CCCNC(=O)CSc1nc2ccccc2nc1Cc1ccccc1OC. The fourth-order valence-electron chi connectivity index (χ4n) is 2.73. The number of aromatic nitrogens is 2. The van der Waals surface area contributed by atoms with Gasteiger partial charge in [-0.25, -0.2) is 9.97 Å². The summed E-state index contributed by atoms with van der Waals surface area (Å²) in [6.07, 6.45) is 1.52. The van der Waals surface area contributed by atoms with Crippen LogP contribution in [0, 0.1) is 0 Å². The van der Waals surface area contributed by atoms with Crippen molar-refractivity contribution in [2.24, 2.45) is 0 Å². The van der Waals surface area contributed by atoms with Gasteiger partial charge in [0.25, 0.3) is 0 Å². The Hall–Kier alpha value is -2.60. The van der Waals surface area contributed by atoms with E-state index in [1.807, 2.05) is 55.5 Å². The third-order valence-corrected chi connectivity index (χ3v) is 5.08. The predicted octanol–water partition coefficient (Wildman–Crippen LogP) is 3.85. The minimum absolute atomic E-state index is 0.0139. The van der Waals surface area contributed by atoms with Gasteiger partial charge in [0.05, 0.1) is 29.6 Å². The quantitative estimate of drug-likeness (QED) is 0.601. The highest BCUT2D eigenvalue weighted by atomic mass is 32.2. The Bertz CT molecular complexity index is 930. The number of nitrogens with zero attached hydrogens (tertiary/aromatic N) is 2. The lowest BCUT2D eigenvalue weighted by Gasteiger charge is -2.12. The van der Waals surface area contributed by atoms with E-state index in [0.717, 1.165) is 39.5 Å². The molecule has 1 heterocycles. The number of para-hydroxylation sites is 3. The third-order valence-electron chi connectivity index (χ3n) is 4.07. The summed E-state index contributed by atoms with van der Waals surface area (Å²) in [5.41, 5.74) is 3.58. The molecule has 1 amide bonds. The van der Waals surface area contributed by atoms with Crippen molar-refractivity contribution in [3.8, 4) is 5.75 Å². The fourth-order valence-corrected chi connectivity index (χ4v) is 3.55. The van der Waals surface area contributed by atoms with Crippen LogP contribution in [0.5, 0.6) is 5.75 Å². The van der Waals surface area contributed by atoms with Gasteiger partial charge in [-0.05, 0) is 24.6 Å². The average Bonchev–Trinajstić information content (AvgIpc) is 2.71. The lowest BCUT2D eigenvalue weighted by atomic mass is 10.1. The van der Waals surface area contributed by atoms with Crippen molar-refractivity contribution in [1.82, 2.24) is 15.3 Å². The number of carbonyl (C=O) groups is 1. The largest absolute Gasteiger partial charge is 0.496 e. The summed E-state index contributed by atoms with van der Waals surface area (Å²) in [7, 11) is 1.67. The molecular weight excluding hydrogens is 358 g/mol. The van der Waals surface area contributed by atoms with Gasteiger partial charge < -0.3 is 10.1 Å². The highest BCUT2D eigenvalue weighted by Gasteiger charge is 2.14. The molecule has 0 aliphatic carbocycles. The van der Waals surface area contributed by atoms with Crippen LogP contribution in [0.1, 0.15) is 24.6 Å². The number of nitrogens with one attached hydrogen (secondary N) is 1. The van der Waals surface area contributed by atoms with Crippen LogP contribution in [0.15, 0.2) is 53.6 Å². The number of fused-ring (bicyclic) bond motifs is 1. The van der Waals surface area contributed by atoms with Crippen LogP contribution in [0.3, 0.4) is 0 Å². The molecular formula is C21H23N3O2S. The van der Waals surface area contributed by atoms with E-state index < -0.39 is 0 Å². The molecule has 0 spiro atoms. The molecule has 0 fully saturated rings. The van der Waals surface area contributed by atoms with Gasteiger partial charge in [0.2, 0.25) is 5.91 Å². The van der Waals surface area contributed by atoms with Crippen molar-refractivity contribution >= 4 is 28.7 Å². The van der Waals surface area contributed by atoms with Gasteiger partial charge in [0.15, 0.2) is 0 Å². The summed E-state index contributed by atoms with van der Waals surface area (Å²) in [4.78, 5) is 21.6. The second kappa shape index (κ2) is 9.37. The van der Waals surface area contributed by atoms with Gasteiger partial charge >= 0.3 is 0 Å². The molecule has 0 atom stereocenters. The lowest BCUT2D eigenvalue weighted by molar-refractivity contribution is -0.118. The van der Waals surface area contributed by atoms with E-state index >= 15 is 0 Å². The molecule has 0 radical (unpaired) electrons. The molecule has 0 unspecified atom stereocenters. The molecule has 1 N–H and O–H groups in total. The molecule has 3 aromatic rings. The summed E-state index contributed by atoms with van der Waals surface area (Å²) in [5.74, 6) is 1.16. The van der Waals surface area contributed by atoms with Crippen LogP contribution in [0.25, 0.3) is 11.0 Å². The maximum Gasteiger partial charge on any atom is 0.230 e. The fraction of sp³-hybridized carbons (Fsp3) is 0.286. The van der Waals surface area contributed by atoms with Gasteiger partial charge in [0, 0.05) is 18.5 Å². The number of methoxy groups -OCH3 is 1. The summed E-state index contributed by atoms with van der Waals surface area (Å²) < 4.78 is 5.47. The van der Waals surface area contributed by atoms with Gasteiger partial charge in [-0.2, -0.15) is 0 Å².